The molecule has 1 heterocycles. The zero-order chi connectivity index (χ0) is 14.4. The first-order chi connectivity index (χ1) is 9.68. The number of hydrogen-bond donors (Lipinski definition) is 1. The number of methoxy groups -OCH3 is 1. The van der Waals surface area contributed by atoms with E-state index in [-0.39, 0.29) is 5.54 Å². The summed E-state index contributed by atoms with van der Waals surface area (Å²) in [5.74, 6) is 0.868. The number of hydrogen-bond acceptors (Lipinski definition) is 3. The maximum atomic E-state index is 6.70. The molecule has 0 saturated carbocycles. The Kier molecular flexibility index (Phi) is 5.21. The van der Waals surface area contributed by atoms with Gasteiger partial charge in [-0.2, -0.15) is 0 Å². The minimum atomic E-state index is -0.356. The zero-order valence-corrected chi connectivity index (χ0v) is 12.5. The molecule has 3 nitrogen and oxygen atoms in total. The average Bonchev–Trinajstić information content (AvgIpc) is 2.48. The largest absolute Gasteiger partial charge is 0.497 e. The second-order valence-electron chi connectivity index (χ2n) is 5.71. The fraction of sp³-hybridized carbons (Fsp3) is 0.529. The highest BCUT2D eigenvalue weighted by atomic mass is 16.5. The number of rotatable bonds is 6. The third kappa shape index (κ3) is 3.62. The van der Waals surface area contributed by atoms with Crippen molar-refractivity contribution in [2.24, 2.45) is 5.73 Å². The molecule has 1 aromatic carbocycles. The Morgan fingerprint density at radius 3 is 2.45 bits per heavy atom. The zero-order valence-electron chi connectivity index (χ0n) is 12.5. The Morgan fingerprint density at radius 2 is 1.90 bits per heavy atom. The van der Waals surface area contributed by atoms with Crippen molar-refractivity contribution in [1.29, 1.82) is 0 Å². The molecule has 1 aliphatic rings. The van der Waals surface area contributed by atoms with Gasteiger partial charge in [-0.05, 0) is 50.0 Å². The van der Waals surface area contributed by atoms with Crippen molar-refractivity contribution < 1.29 is 4.74 Å². The minimum Gasteiger partial charge on any atom is -0.497 e. The van der Waals surface area contributed by atoms with Crippen molar-refractivity contribution in [3.8, 4) is 5.75 Å². The van der Waals surface area contributed by atoms with Crippen LogP contribution in [0.15, 0.2) is 36.9 Å². The van der Waals surface area contributed by atoms with Gasteiger partial charge in [0.15, 0.2) is 0 Å². The van der Waals surface area contributed by atoms with E-state index in [0.29, 0.717) is 0 Å². The summed E-state index contributed by atoms with van der Waals surface area (Å²) in [4.78, 5) is 2.48. The number of nitrogens with two attached hydrogens (primary N) is 1. The van der Waals surface area contributed by atoms with Gasteiger partial charge in [0.2, 0.25) is 0 Å². The monoisotopic (exact) mass is 274 g/mol. The number of likely N-dealkylation sites (tertiary alicyclic amines) is 1. The van der Waals surface area contributed by atoms with Gasteiger partial charge in [0, 0.05) is 6.54 Å². The van der Waals surface area contributed by atoms with Gasteiger partial charge in [-0.1, -0.05) is 24.6 Å². The van der Waals surface area contributed by atoms with Crippen molar-refractivity contribution in [2.45, 2.75) is 31.2 Å². The molecule has 2 rings (SSSR count). The van der Waals surface area contributed by atoms with Gasteiger partial charge in [0.1, 0.15) is 5.75 Å². The fourth-order valence-corrected chi connectivity index (χ4v) is 2.97. The molecule has 1 fully saturated rings. The predicted octanol–water partition coefficient (Wildman–Crippen LogP) is 2.91. The third-order valence-corrected chi connectivity index (χ3v) is 4.13. The molecule has 3 heteroatoms. The molecule has 0 aliphatic carbocycles. The first-order valence-corrected chi connectivity index (χ1v) is 7.44. The molecule has 0 spiro atoms. The number of ether oxygens (including phenoxy) is 1. The Balaban J connectivity index is 2.15. The molecule has 1 atom stereocenters. The second kappa shape index (κ2) is 6.91. The summed E-state index contributed by atoms with van der Waals surface area (Å²) in [5.41, 5.74) is 7.50. The summed E-state index contributed by atoms with van der Waals surface area (Å²) in [5, 5.41) is 0. The highest BCUT2D eigenvalue weighted by molar-refractivity contribution is 5.32. The van der Waals surface area contributed by atoms with Crippen LogP contribution in [0.3, 0.4) is 0 Å². The summed E-state index contributed by atoms with van der Waals surface area (Å²) in [6.07, 6.45) is 6.63. The molecule has 1 aromatic rings. The lowest BCUT2D eigenvalue weighted by molar-refractivity contribution is 0.178. The summed E-state index contributed by atoms with van der Waals surface area (Å²) in [7, 11) is 1.68. The van der Waals surface area contributed by atoms with Gasteiger partial charge >= 0.3 is 0 Å². The number of benzene rings is 1. The predicted molar refractivity (Wildman–Crippen MR) is 84.0 cm³/mol. The number of nitrogens with zero attached hydrogens (tertiary/aromatic N) is 1. The van der Waals surface area contributed by atoms with E-state index in [1.165, 1.54) is 19.3 Å². The number of piperidine rings is 1. The highest BCUT2D eigenvalue weighted by Gasteiger charge is 2.29. The summed E-state index contributed by atoms with van der Waals surface area (Å²) in [6.45, 7) is 7.09. The van der Waals surface area contributed by atoms with Crippen LogP contribution >= 0.6 is 0 Å². The van der Waals surface area contributed by atoms with E-state index < -0.39 is 0 Å². The van der Waals surface area contributed by atoms with Crippen LogP contribution in [0.5, 0.6) is 5.75 Å². The van der Waals surface area contributed by atoms with Crippen LogP contribution in [0, 0.1) is 0 Å². The van der Waals surface area contributed by atoms with Gasteiger partial charge in [0.05, 0.1) is 12.6 Å². The molecule has 110 valence electrons. The van der Waals surface area contributed by atoms with Gasteiger partial charge in [0.25, 0.3) is 0 Å². The second-order valence-corrected chi connectivity index (χ2v) is 5.71. The van der Waals surface area contributed by atoms with Crippen LogP contribution in [0.1, 0.15) is 31.2 Å². The van der Waals surface area contributed by atoms with E-state index >= 15 is 0 Å². The third-order valence-electron chi connectivity index (χ3n) is 4.13. The SMILES string of the molecule is C=CCC(N)(CN1CCCCC1)c1ccc(OC)cc1. The molecule has 2 N–H and O–H groups in total. The standard InChI is InChI=1S/C17H26N2O/c1-3-11-17(18,14-19-12-5-4-6-13-19)15-7-9-16(20-2)10-8-15/h3,7-10H,1,4-6,11-14,18H2,2H3. The summed E-state index contributed by atoms with van der Waals surface area (Å²) in [6, 6.07) is 8.12. The van der Waals surface area contributed by atoms with Gasteiger partial charge in [-0.3, -0.25) is 0 Å². The molecule has 1 unspecified atom stereocenters. The van der Waals surface area contributed by atoms with Crippen molar-refractivity contribution in [2.75, 3.05) is 26.7 Å². The first kappa shape index (κ1) is 15.1. The topological polar surface area (TPSA) is 38.5 Å². The minimum absolute atomic E-state index is 0.356. The van der Waals surface area contributed by atoms with Crippen LogP contribution in [-0.4, -0.2) is 31.6 Å². The quantitative estimate of drug-likeness (QED) is 0.811. The van der Waals surface area contributed by atoms with E-state index in [9.17, 15) is 0 Å². The lowest BCUT2D eigenvalue weighted by Gasteiger charge is -2.37. The molecule has 0 aromatic heterocycles. The Bertz CT molecular complexity index is 423. The molecular weight excluding hydrogens is 248 g/mol. The van der Waals surface area contributed by atoms with Crippen LogP contribution < -0.4 is 10.5 Å². The van der Waals surface area contributed by atoms with Gasteiger partial charge < -0.3 is 15.4 Å². The molecule has 0 amide bonds. The lowest BCUT2D eigenvalue weighted by Crippen LogP contribution is -2.48. The lowest BCUT2D eigenvalue weighted by atomic mass is 9.86. The van der Waals surface area contributed by atoms with Crippen LogP contribution in [-0.2, 0) is 5.54 Å². The Labute approximate surface area is 122 Å². The van der Waals surface area contributed by atoms with Crippen molar-refractivity contribution in [1.82, 2.24) is 4.90 Å². The molecule has 1 saturated heterocycles. The average molecular weight is 274 g/mol. The van der Waals surface area contributed by atoms with Crippen LogP contribution in [0.25, 0.3) is 0 Å². The first-order valence-electron chi connectivity index (χ1n) is 7.44. The highest BCUT2D eigenvalue weighted by Crippen LogP contribution is 2.27. The van der Waals surface area contributed by atoms with E-state index in [1.54, 1.807) is 7.11 Å². The summed E-state index contributed by atoms with van der Waals surface area (Å²) < 4.78 is 5.22. The van der Waals surface area contributed by atoms with Crippen molar-refractivity contribution in [3.63, 3.8) is 0 Å². The maximum Gasteiger partial charge on any atom is 0.118 e. The van der Waals surface area contributed by atoms with Crippen LogP contribution in [0.2, 0.25) is 0 Å². The van der Waals surface area contributed by atoms with E-state index in [2.05, 4.69) is 23.6 Å². The molecule has 20 heavy (non-hydrogen) atoms. The van der Waals surface area contributed by atoms with E-state index in [1.807, 2.05) is 18.2 Å². The normalized spacial score (nSPS) is 19.3. The summed E-state index contributed by atoms with van der Waals surface area (Å²) >= 11 is 0. The fourth-order valence-electron chi connectivity index (χ4n) is 2.97. The van der Waals surface area contributed by atoms with Gasteiger partial charge in [-0.25, -0.2) is 0 Å². The Morgan fingerprint density at radius 1 is 1.25 bits per heavy atom. The molecular formula is C17H26N2O. The Hall–Kier alpha value is -1.32. The molecule has 1 aliphatic heterocycles. The van der Waals surface area contributed by atoms with Crippen molar-refractivity contribution in [3.05, 3.63) is 42.5 Å². The molecule has 0 bridgehead atoms. The van der Waals surface area contributed by atoms with Crippen LogP contribution in [0.4, 0.5) is 0 Å². The van der Waals surface area contributed by atoms with E-state index in [0.717, 1.165) is 37.4 Å². The maximum absolute atomic E-state index is 6.70. The van der Waals surface area contributed by atoms with E-state index in [4.69, 9.17) is 10.5 Å². The molecule has 0 radical (unpaired) electrons. The van der Waals surface area contributed by atoms with Crippen molar-refractivity contribution >= 4 is 0 Å². The smallest absolute Gasteiger partial charge is 0.118 e. The van der Waals surface area contributed by atoms with Gasteiger partial charge in [-0.15, -0.1) is 6.58 Å².